The Balaban J connectivity index is 2.80. The molecule has 19 heavy (non-hydrogen) atoms. The van der Waals surface area contributed by atoms with Crippen LogP contribution in [0.3, 0.4) is 0 Å². The first-order chi connectivity index (χ1) is 8.88. The number of anilines is 2. The van der Waals surface area contributed by atoms with E-state index < -0.39 is 16.0 Å². The molecule has 0 amide bonds. The standard InChI is InChI=1S/C11H16N2O5S/c1-17-10-7-8(12)3-4-9(10)13-19(15,16)6-5-11(14)18-2/h3-4,7,13H,5-6,12H2,1-2H3. The minimum atomic E-state index is -3.66. The van der Waals surface area contributed by atoms with Gasteiger partial charge in [0.05, 0.1) is 32.1 Å². The Morgan fingerprint density at radius 1 is 1.37 bits per heavy atom. The Morgan fingerprint density at radius 2 is 2.05 bits per heavy atom. The number of ether oxygens (including phenoxy) is 2. The van der Waals surface area contributed by atoms with E-state index in [9.17, 15) is 13.2 Å². The zero-order valence-corrected chi connectivity index (χ0v) is 11.5. The van der Waals surface area contributed by atoms with Crippen LogP contribution >= 0.6 is 0 Å². The number of nitrogen functional groups attached to an aromatic ring is 1. The number of methoxy groups -OCH3 is 2. The fourth-order valence-electron chi connectivity index (χ4n) is 1.33. The van der Waals surface area contributed by atoms with Crippen LogP contribution in [0.25, 0.3) is 0 Å². The van der Waals surface area contributed by atoms with Crippen LogP contribution in [-0.4, -0.2) is 34.4 Å². The van der Waals surface area contributed by atoms with Crippen LogP contribution in [0.1, 0.15) is 6.42 Å². The molecule has 0 saturated heterocycles. The number of nitrogens with one attached hydrogen (secondary N) is 1. The average Bonchev–Trinajstić information content (AvgIpc) is 2.37. The van der Waals surface area contributed by atoms with E-state index in [1.54, 1.807) is 6.07 Å². The van der Waals surface area contributed by atoms with Crippen LogP contribution < -0.4 is 15.2 Å². The molecule has 0 spiro atoms. The molecule has 0 atom stereocenters. The Bertz CT molecular complexity index is 556. The van der Waals surface area contributed by atoms with Gasteiger partial charge in [-0.1, -0.05) is 0 Å². The third-order valence-electron chi connectivity index (χ3n) is 2.29. The van der Waals surface area contributed by atoms with Gasteiger partial charge < -0.3 is 15.2 Å². The molecule has 3 N–H and O–H groups in total. The molecule has 0 aliphatic rings. The highest BCUT2D eigenvalue weighted by molar-refractivity contribution is 7.92. The second kappa shape index (κ2) is 6.28. The van der Waals surface area contributed by atoms with Crippen molar-refractivity contribution >= 4 is 27.4 Å². The second-order valence-electron chi connectivity index (χ2n) is 3.71. The molecule has 0 unspecified atom stereocenters. The van der Waals surface area contributed by atoms with E-state index >= 15 is 0 Å². The molecule has 0 aliphatic heterocycles. The summed E-state index contributed by atoms with van der Waals surface area (Å²) in [5.74, 6) is -0.649. The minimum absolute atomic E-state index is 0.219. The lowest BCUT2D eigenvalue weighted by molar-refractivity contribution is -0.140. The zero-order chi connectivity index (χ0) is 14.5. The predicted octanol–water partition coefficient (Wildman–Crippen LogP) is 0.582. The van der Waals surface area contributed by atoms with Gasteiger partial charge in [-0.25, -0.2) is 8.42 Å². The van der Waals surface area contributed by atoms with Gasteiger partial charge in [0.2, 0.25) is 10.0 Å². The van der Waals surface area contributed by atoms with Gasteiger partial charge >= 0.3 is 5.97 Å². The monoisotopic (exact) mass is 288 g/mol. The quantitative estimate of drug-likeness (QED) is 0.585. The lowest BCUT2D eigenvalue weighted by Gasteiger charge is -2.12. The number of hydrogen-bond donors (Lipinski definition) is 2. The van der Waals surface area contributed by atoms with Crippen LogP contribution in [0, 0.1) is 0 Å². The second-order valence-corrected chi connectivity index (χ2v) is 5.55. The Hall–Kier alpha value is -1.96. The Morgan fingerprint density at radius 3 is 2.63 bits per heavy atom. The first-order valence-electron chi connectivity index (χ1n) is 5.39. The van der Waals surface area contributed by atoms with Crippen molar-refractivity contribution in [3.8, 4) is 5.75 Å². The summed E-state index contributed by atoms with van der Waals surface area (Å²) in [5.41, 5.74) is 6.28. The van der Waals surface area contributed by atoms with E-state index in [1.165, 1.54) is 26.4 Å². The number of benzene rings is 1. The van der Waals surface area contributed by atoms with E-state index in [-0.39, 0.29) is 17.9 Å². The molecule has 0 fully saturated rings. The average molecular weight is 288 g/mol. The number of sulfonamides is 1. The molecule has 0 aliphatic carbocycles. The van der Waals surface area contributed by atoms with Gasteiger partial charge in [-0.3, -0.25) is 9.52 Å². The number of hydrogen-bond acceptors (Lipinski definition) is 6. The zero-order valence-electron chi connectivity index (χ0n) is 10.7. The van der Waals surface area contributed by atoms with Crippen molar-refractivity contribution in [2.75, 3.05) is 30.4 Å². The van der Waals surface area contributed by atoms with E-state index in [4.69, 9.17) is 10.5 Å². The molecule has 8 heteroatoms. The summed E-state index contributed by atoms with van der Waals surface area (Å²) in [6.07, 6.45) is -0.219. The number of nitrogens with two attached hydrogens (primary N) is 1. The van der Waals surface area contributed by atoms with Crippen LogP contribution in [0.5, 0.6) is 5.75 Å². The third kappa shape index (κ3) is 4.66. The van der Waals surface area contributed by atoms with Crippen molar-refractivity contribution in [1.82, 2.24) is 0 Å². The van der Waals surface area contributed by atoms with E-state index in [1.807, 2.05) is 0 Å². The summed E-state index contributed by atoms with van der Waals surface area (Å²) < 4.78 is 35.3. The van der Waals surface area contributed by atoms with Crippen LogP contribution in [0.15, 0.2) is 18.2 Å². The maximum absolute atomic E-state index is 11.8. The van der Waals surface area contributed by atoms with Crippen molar-refractivity contribution < 1.29 is 22.7 Å². The van der Waals surface area contributed by atoms with Crippen LogP contribution in [-0.2, 0) is 19.6 Å². The molecule has 7 nitrogen and oxygen atoms in total. The summed E-state index contributed by atoms with van der Waals surface area (Å²) in [7, 11) is -1.05. The summed E-state index contributed by atoms with van der Waals surface area (Å²) in [5, 5.41) is 0. The highest BCUT2D eigenvalue weighted by Crippen LogP contribution is 2.27. The van der Waals surface area contributed by atoms with Crippen molar-refractivity contribution in [3.05, 3.63) is 18.2 Å². The SMILES string of the molecule is COC(=O)CCS(=O)(=O)Nc1ccc(N)cc1OC. The third-order valence-corrected chi connectivity index (χ3v) is 3.57. The molecule has 1 aromatic carbocycles. The maximum atomic E-state index is 11.8. The first-order valence-corrected chi connectivity index (χ1v) is 7.04. The molecule has 1 rings (SSSR count). The van der Waals surface area contributed by atoms with Crippen molar-refractivity contribution in [2.24, 2.45) is 0 Å². The number of carbonyl (C=O) groups excluding carboxylic acids is 1. The van der Waals surface area contributed by atoms with E-state index in [0.29, 0.717) is 11.4 Å². The van der Waals surface area contributed by atoms with Crippen molar-refractivity contribution in [3.63, 3.8) is 0 Å². The summed E-state index contributed by atoms with van der Waals surface area (Å²) in [6, 6.07) is 4.53. The molecule has 106 valence electrons. The summed E-state index contributed by atoms with van der Waals surface area (Å²) >= 11 is 0. The normalized spacial score (nSPS) is 10.8. The molecule has 0 bridgehead atoms. The summed E-state index contributed by atoms with van der Waals surface area (Å²) in [4.78, 5) is 10.9. The molecule has 0 radical (unpaired) electrons. The molecule has 0 aromatic heterocycles. The predicted molar refractivity (Wildman–Crippen MR) is 71.4 cm³/mol. The van der Waals surface area contributed by atoms with E-state index in [2.05, 4.69) is 9.46 Å². The fourth-order valence-corrected chi connectivity index (χ4v) is 2.37. The highest BCUT2D eigenvalue weighted by atomic mass is 32.2. The maximum Gasteiger partial charge on any atom is 0.306 e. The van der Waals surface area contributed by atoms with Gasteiger partial charge in [0, 0.05) is 11.8 Å². The van der Waals surface area contributed by atoms with Gasteiger partial charge in [0.25, 0.3) is 0 Å². The number of esters is 1. The molecular weight excluding hydrogens is 272 g/mol. The van der Waals surface area contributed by atoms with Crippen LogP contribution in [0.4, 0.5) is 11.4 Å². The van der Waals surface area contributed by atoms with Crippen molar-refractivity contribution in [1.29, 1.82) is 0 Å². The van der Waals surface area contributed by atoms with Crippen LogP contribution in [0.2, 0.25) is 0 Å². The lowest BCUT2D eigenvalue weighted by Crippen LogP contribution is -2.19. The fraction of sp³-hybridized carbons (Fsp3) is 0.364. The molecule has 0 heterocycles. The molecule has 1 aromatic rings. The topological polar surface area (TPSA) is 108 Å². The van der Waals surface area contributed by atoms with Gasteiger partial charge in [0.15, 0.2) is 0 Å². The largest absolute Gasteiger partial charge is 0.494 e. The number of rotatable bonds is 6. The summed E-state index contributed by atoms with van der Waals surface area (Å²) in [6.45, 7) is 0. The minimum Gasteiger partial charge on any atom is -0.494 e. The van der Waals surface area contributed by atoms with E-state index in [0.717, 1.165) is 0 Å². The first kappa shape index (κ1) is 15.1. The Labute approximate surface area is 111 Å². The van der Waals surface area contributed by atoms with Gasteiger partial charge in [-0.15, -0.1) is 0 Å². The Kier molecular flexibility index (Phi) is 4.99. The molecule has 0 saturated carbocycles. The number of carbonyl (C=O) groups is 1. The van der Waals surface area contributed by atoms with Gasteiger partial charge in [-0.05, 0) is 12.1 Å². The highest BCUT2D eigenvalue weighted by Gasteiger charge is 2.16. The van der Waals surface area contributed by atoms with Crippen molar-refractivity contribution in [2.45, 2.75) is 6.42 Å². The smallest absolute Gasteiger partial charge is 0.306 e. The van der Waals surface area contributed by atoms with Gasteiger partial charge in [-0.2, -0.15) is 0 Å². The van der Waals surface area contributed by atoms with Gasteiger partial charge in [0.1, 0.15) is 5.75 Å². The lowest BCUT2D eigenvalue weighted by atomic mass is 10.2. The molecular formula is C11H16N2O5S.